The lowest BCUT2D eigenvalue weighted by Crippen LogP contribution is -2.44. The second kappa shape index (κ2) is 10.1. The number of rotatable bonds is 8. The van der Waals surface area contributed by atoms with Crippen molar-refractivity contribution in [1.82, 2.24) is 15.6 Å². The summed E-state index contributed by atoms with van der Waals surface area (Å²) < 4.78 is 46.2. The van der Waals surface area contributed by atoms with Gasteiger partial charge in [0.15, 0.2) is 5.37 Å². The van der Waals surface area contributed by atoms with Gasteiger partial charge in [0, 0.05) is 12.4 Å². The molecule has 2 atom stereocenters. The Labute approximate surface area is 191 Å². The molecule has 2 N–H and O–H groups in total. The predicted octanol–water partition coefficient (Wildman–Crippen LogP) is 3.14. The van der Waals surface area contributed by atoms with E-state index >= 15 is 0 Å². The highest BCUT2D eigenvalue weighted by molar-refractivity contribution is 7.91. The normalized spacial score (nSPS) is 16.8. The Balaban J connectivity index is 1.63. The second-order valence-corrected chi connectivity index (χ2v) is 9.79. The second-order valence-electron chi connectivity index (χ2n) is 7.75. The molecule has 4 rings (SSSR count). The Morgan fingerprint density at radius 2 is 1.91 bits per heavy atom. The molecular formula is C24H24FN3O4S. The SMILES string of the molecule is O=C(N[C@H](c1cccc(OCc2ccncc2)c1)S(=O)(=O)c1ccc(F)cc1)C1CCCN1. The molecule has 2 aromatic carbocycles. The number of nitrogens with one attached hydrogen (secondary N) is 2. The van der Waals surface area contributed by atoms with E-state index in [-0.39, 0.29) is 11.5 Å². The fourth-order valence-electron chi connectivity index (χ4n) is 3.65. The van der Waals surface area contributed by atoms with Crippen LogP contribution >= 0.6 is 0 Å². The maximum absolute atomic E-state index is 13.5. The summed E-state index contributed by atoms with van der Waals surface area (Å²) in [5.74, 6) is -0.487. The number of pyridine rings is 1. The van der Waals surface area contributed by atoms with E-state index in [1.165, 1.54) is 12.1 Å². The summed E-state index contributed by atoms with van der Waals surface area (Å²) in [6.07, 6.45) is 4.79. The zero-order valence-electron chi connectivity index (χ0n) is 17.8. The van der Waals surface area contributed by atoms with Crippen molar-refractivity contribution >= 4 is 15.7 Å². The number of carbonyl (C=O) groups is 1. The quantitative estimate of drug-likeness (QED) is 0.492. The van der Waals surface area contributed by atoms with E-state index in [4.69, 9.17) is 4.74 Å². The van der Waals surface area contributed by atoms with E-state index in [0.29, 0.717) is 24.3 Å². The van der Waals surface area contributed by atoms with Gasteiger partial charge in [-0.2, -0.15) is 0 Å². The summed E-state index contributed by atoms with van der Waals surface area (Å²) in [6.45, 7) is 0.978. The molecule has 172 valence electrons. The lowest BCUT2D eigenvalue weighted by molar-refractivity contribution is -0.123. The van der Waals surface area contributed by atoms with Crippen molar-refractivity contribution in [1.29, 1.82) is 0 Å². The molecular weight excluding hydrogens is 445 g/mol. The highest BCUT2D eigenvalue weighted by atomic mass is 32.2. The van der Waals surface area contributed by atoms with E-state index in [2.05, 4.69) is 15.6 Å². The number of amides is 1. The number of sulfone groups is 1. The van der Waals surface area contributed by atoms with Gasteiger partial charge in [-0.05, 0) is 79.0 Å². The van der Waals surface area contributed by atoms with Gasteiger partial charge in [0.05, 0.1) is 10.9 Å². The Morgan fingerprint density at radius 1 is 1.15 bits per heavy atom. The fourth-order valence-corrected chi connectivity index (χ4v) is 5.22. The van der Waals surface area contributed by atoms with Crippen molar-refractivity contribution in [2.45, 2.75) is 35.8 Å². The molecule has 1 aromatic heterocycles. The molecule has 9 heteroatoms. The largest absolute Gasteiger partial charge is 0.489 e. The maximum atomic E-state index is 13.5. The summed E-state index contributed by atoms with van der Waals surface area (Å²) >= 11 is 0. The third kappa shape index (κ3) is 5.55. The van der Waals surface area contributed by atoms with Crippen LogP contribution in [-0.4, -0.2) is 31.9 Å². The monoisotopic (exact) mass is 469 g/mol. The van der Waals surface area contributed by atoms with E-state index in [9.17, 15) is 17.6 Å². The Hall–Kier alpha value is -3.30. The molecule has 7 nitrogen and oxygen atoms in total. The highest BCUT2D eigenvalue weighted by Crippen LogP contribution is 2.30. The number of aromatic nitrogens is 1. The summed E-state index contributed by atoms with van der Waals surface area (Å²) in [5.41, 5.74) is 1.25. The number of halogens is 1. The molecule has 0 spiro atoms. The van der Waals surface area contributed by atoms with Crippen LogP contribution in [-0.2, 0) is 21.2 Å². The van der Waals surface area contributed by atoms with Gasteiger partial charge in [-0.1, -0.05) is 12.1 Å². The summed E-state index contributed by atoms with van der Waals surface area (Å²) in [6, 6.07) is 14.3. The fraction of sp³-hybridized carbons (Fsp3) is 0.250. The molecule has 0 saturated carbocycles. The number of benzene rings is 2. The van der Waals surface area contributed by atoms with Crippen LogP contribution in [0.4, 0.5) is 4.39 Å². The number of ether oxygens (including phenoxy) is 1. The molecule has 1 aliphatic rings. The molecule has 0 aliphatic carbocycles. The molecule has 1 saturated heterocycles. The standard InChI is InChI=1S/C24H24FN3O4S/c25-19-6-8-21(9-7-19)33(30,31)24(28-23(29)22-5-2-12-27-22)18-3-1-4-20(15-18)32-16-17-10-13-26-14-11-17/h1,3-4,6-11,13-15,22,24,27H,2,5,12,16H2,(H,28,29)/t22?,24-/m0/s1. The first-order valence-electron chi connectivity index (χ1n) is 10.6. The zero-order chi connectivity index (χ0) is 23.3. The van der Waals surface area contributed by atoms with Crippen LogP contribution in [0.15, 0.2) is 78.0 Å². The van der Waals surface area contributed by atoms with Crippen molar-refractivity contribution in [3.63, 3.8) is 0 Å². The van der Waals surface area contributed by atoms with Crippen LogP contribution in [0.2, 0.25) is 0 Å². The Bertz CT molecular complexity index is 1200. The number of hydrogen-bond donors (Lipinski definition) is 2. The molecule has 33 heavy (non-hydrogen) atoms. The van der Waals surface area contributed by atoms with Gasteiger partial charge >= 0.3 is 0 Å². The van der Waals surface area contributed by atoms with Crippen molar-refractivity contribution in [3.05, 3.63) is 90.0 Å². The summed E-state index contributed by atoms with van der Waals surface area (Å²) in [5, 5.41) is 4.40. The van der Waals surface area contributed by atoms with Gasteiger partial charge in [0.25, 0.3) is 0 Å². The average molecular weight is 470 g/mol. The van der Waals surface area contributed by atoms with Crippen LogP contribution in [0.1, 0.15) is 29.3 Å². The van der Waals surface area contributed by atoms with Crippen molar-refractivity contribution in [3.8, 4) is 5.75 Å². The summed E-state index contributed by atoms with van der Waals surface area (Å²) in [4.78, 5) is 16.7. The van der Waals surface area contributed by atoms with Crippen molar-refractivity contribution < 1.29 is 22.3 Å². The first-order valence-corrected chi connectivity index (χ1v) is 12.1. The van der Waals surface area contributed by atoms with Gasteiger partial charge in [-0.15, -0.1) is 0 Å². The Morgan fingerprint density at radius 3 is 2.61 bits per heavy atom. The topological polar surface area (TPSA) is 97.4 Å². The summed E-state index contributed by atoms with van der Waals surface area (Å²) in [7, 11) is -4.07. The highest BCUT2D eigenvalue weighted by Gasteiger charge is 2.33. The smallest absolute Gasteiger partial charge is 0.238 e. The van der Waals surface area contributed by atoms with Crippen molar-refractivity contribution in [2.75, 3.05) is 6.54 Å². The third-order valence-corrected chi connectivity index (χ3v) is 7.36. The maximum Gasteiger partial charge on any atom is 0.238 e. The number of carbonyl (C=O) groups excluding carboxylic acids is 1. The number of hydrogen-bond acceptors (Lipinski definition) is 6. The first-order chi connectivity index (χ1) is 15.9. The lowest BCUT2D eigenvalue weighted by atomic mass is 10.2. The van der Waals surface area contributed by atoms with Gasteiger partial charge in [0.1, 0.15) is 18.2 Å². The lowest BCUT2D eigenvalue weighted by Gasteiger charge is -2.22. The molecule has 0 bridgehead atoms. The van der Waals surface area contributed by atoms with Gasteiger partial charge in [0.2, 0.25) is 15.7 Å². The molecule has 0 radical (unpaired) electrons. The minimum atomic E-state index is -4.07. The first kappa shape index (κ1) is 22.9. The molecule has 1 fully saturated rings. The van der Waals surface area contributed by atoms with Crippen LogP contribution in [0.5, 0.6) is 5.75 Å². The van der Waals surface area contributed by atoms with E-state index in [1.807, 2.05) is 12.1 Å². The minimum Gasteiger partial charge on any atom is -0.489 e. The van der Waals surface area contributed by atoms with Crippen LogP contribution < -0.4 is 15.4 Å². The molecule has 1 aliphatic heterocycles. The predicted molar refractivity (Wildman–Crippen MR) is 121 cm³/mol. The van der Waals surface area contributed by atoms with Crippen LogP contribution in [0.3, 0.4) is 0 Å². The van der Waals surface area contributed by atoms with Gasteiger partial charge in [-0.25, -0.2) is 12.8 Å². The molecule has 3 aromatic rings. The third-order valence-electron chi connectivity index (χ3n) is 5.42. The van der Waals surface area contributed by atoms with E-state index < -0.39 is 33.0 Å². The van der Waals surface area contributed by atoms with Gasteiger partial charge < -0.3 is 15.4 Å². The van der Waals surface area contributed by atoms with E-state index in [0.717, 1.165) is 24.1 Å². The zero-order valence-corrected chi connectivity index (χ0v) is 18.6. The number of nitrogens with zero attached hydrogens (tertiary/aromatic N) is 1. The minimum absolute atomic E-state index is 0.0864. The molecule has 1 unspecified atom stereocenters. The van der Waals surface area contributed by atoms with E-state index in [1.54, 1.807) is 36.7 Å². The Kier molecular flexibility index (Phi) is 7.00. The van der Waals surface area contributed by atoms with Crippen molar-refractivity contribution in [2.24, 2.45) is 0 Å². The average Bonchev–Trinajstić information content (AvgIpc) is 3.37. The molecule has 2 heterocycles. The molecule has 1 amide bonds. The van der Waals surface area contributed by atoms with Crippen LogP contribution in [0.25, 0.3) is 0 Å². The van der Waals surface area contributed by atoms with Gasteiger partial charge in [-0.3, -0.25) is 9.78 Å². The van der Waals surface area contributed by atoms with Crippen LogP contribution in [0, 0.1) is 5.82 Å².